The summed E-state index contributed by atoms with van der Waals surface area (Å²) in [6.07, 6.45) is 0.670. The summed E-state index contributed by atoms with van der Waals surface area (Å²) in [7, 11) is 0. The van der Waals surface area contributed by atoms with Gasteiger partial charge in [-0.15, -0.1) is 30.6 Å². The van der Waals surface area contributed by atoms with Gasteiger partial charge in [0, 0.05) is 0 Å². The molecule has 0 atom stereocenters. The van der Waals surface area contributed by atoms with E-state index in [0.717, 1.165) is 0 Å². The lowest BCUT2D eigenvalue weighted by atomic mass is 10.5. The SMILES string of the molecule is c1nnc(C2N=NN=N2)nn1. The van der Waals surface area contributed by atoms with Gasteiger partial charge in [0.25, 0.3) is 0 Å². The highest BCUT2D eigenvalue weighted by Gasteiger charge is 2.16. The maximum Gasteiger partial charge on any atom is 0.247 e. The van der Waals surface area contributed by atoms with Crippen LogP contribution in [0.2, 0.25) is 0 Å². The maximum absolute atomic E-state index is 3.63. The molecule has 11 heavy (non-hydrogen) atoms. The lowest BCUT2D eigenvalue weighted by Gasteiger charge is -1.93. The smallest absolute Gasteiger partial charge is 0.135 e. The largest absolute Gasteiger partial charge is 0.247 e. The van der Waals surface area contributed by atoms with Crippen LogP contribution in [-0.2, 0) is 0 Å². The zero-order valence-electron chi connectivity index (χ0n) is 5.23. The first-order valence-electron chi connectivity index (χ1n) is 2.77. The number of aromatic nitrogens is 4. The third-order valence-corrected chi connectivity index (χ3v) is 1.02. The van der Waals surface area contributed by atoms with Gasteiger partial charge < -0.3 is 0 Å². The number of nitrogens with zero attached hydrogens (tertiary/aromatic N) is 8. The summed E-state index contributed by atoms with van der Waals surface area (Å²) in [6.45, 7) is 0. The Bertz CT molecular complexity index is 277. The van der Waals surface area contributed by atoms with E-state index >= 15 is 0 Å². The Morgan fingerprint density at radius 3 is 2.27 bits per heavy atom. The van der Waals surface area contributed by atoms with Crippen LogP contribution in [0.3, 0.4) is 0 Å². The van der Waals surface area contributed by atoms with Gasteiger partial charge in [0.2, 0.25) is 12.0 Å². The minimum absolute atomic E-state index is 0.303. The van der Waals surface area contributed by atoms with E-state index in [1.165, 1.54) is 6.33 Å². The molecule has 0 amide bonds. The second kappa shape index (κ2) is 2.40. The molecule has 0 fully saturated rings. The van der Waals surface area contributed by atoms with Gasteiger partial charge in [-0.25, -0.2) is 0 Å². The van der Waals surface area contributed by atoms with Crippen LogP contribution in [0.15, 0.2) is 27.0 Å². The molecule has 1 aliphatic rings. The van der Waals surface area contributed by atoms with Crippen LogP contribution in [0.25, 0.3) is 0 Å². The summed E-state index contributed by atoms with van der Waals surface area (Å²) >= 11 is 0. The van der Waals surface area contributed by atoms with E-state index in [-0.39, 0.29) is 0 Å². The Morgan fingerprint density at radius 2 is 1.64 bits per heavy atom. The zero-order chi connectivity index (χ0) is 7.52. The molecular formula is C3H2N8. The van der Waals surface area contributed by atoms with E-state index in [0.29, 0.717) is 5.82 Å². The molecule has 2 heterocycles. The number of rotatable bonds is 1. The highest BCUT2D eigenvalue weighted by Crippen LogP contribution is 2.18. The van der Waals surface area contributed by atoms with Gasteiger partial charge in [-0.1, -0.05) is 0 Å². The predicted molar refractivity (Wildman–Crippen MR) is 30.1 cm³/mol. The lowest BCUT2D eigenvalue weighted by Crippen LogP contribution is -2.00. The van der Waals surface area contributed by atoms with Crippen molar-refractivity contribution in [3.63, 3.8) is 0 Å². The monoisotopic (exact) mass is 150 g/mol. The van der Waals surface area contributed by atoms with Gasteiger partial charge in [-0.2, -0.15) is 0 Å². The molecule has 0 N–H and O–H groups in total. The van der Waals surface area contributed by atoms with Gasteiger partial charge in [0.1, 0.15) is 0 Å². The van der Waals surface area contributed by atoms with E-state index in [1.807, 2.05) is 0 Å². The highest BCUT2D eigenvalue weighted by atomic mass is 15.6. The number of hydrogen-bond donors (Lipinski definition) is 0. The minimum atomic E-state index is -0.559. The van der Waals surface area contributed by atoms with Crippen molar-refractivity contribution in [1.29, 1.82) is 0 Å². The molecule has 0 spiro atoms. The quantitative estimate of drug-likeness (QED) is 0.566. The van der Waals surface area contributed by atoms with Gasteiger partial charge in [-0.05, 0) is 10.4 Å². The first-order valence-corrected chi connectivity index (χ1v) is 2.77. The van der Waals surface area contributed by atoms with Crippen molar-refractivity contribution in [2.24, 2.45) is 20.7 Å². The summed E-state index contributed by atoms with van der Waals surface area (Å²) in [6, 6.07) is 0. The summed E-state index contributed by atoms with van der Waals surface area (Å²) in [5.74, 6) is 0.303. The van der Waals surface area contributed by atoms with E-state index < -0.39 is 6.17 Å². The van der Waals surface area contributed by atoms with E-state index in [9.17, 15) is 0 Å². The first kappa shape index (κ1) is 5.89. The number of hydrogen-bond acceptors (Lipinski definition) is 8. The Kier molecular flexibility index (Phi) is 1.29. The van der Waals surface area contributed by atoms with Crippen LogP contribution in [0.5, 0.6) is 0 Å². The van der Waals surface area contributed by atoms with Crippen LogP contribution in [0.4, 0.5) is 0 Å². The van der Waals surface area contributed by atoms with Crippen molar-refractivity contribution >= 4 is 0 Å². The maximum atomic E-state index is 3.63. The second-order valence-corrected chi connectivity index (χ2v) is 1.69. The molecule has 0 aromatic carbocycles. The molecule has 1 aromatic rings. The van der Waals surface area contributed by atoms with Crippen LogP contribution in [-0.4, -0.2) is 20.4 Å². The van der Waals surface area contributed by atoms with Crippen molar-refractivity contribution in [3.05, 3.63) is 12.2 Å². The first-order chi connectivity index (χ1) is 5.47. The lowest BCUT2D eigenvalue weighted by molar-refractivity contribution is 0.644. The standard InChI is InChI=1S/C3H2N8/c1-4-6-2(7-5-1)3-8-10-11-9-3/h1,3H. The van der Waals surface area contributed by atoms with Gasteiger partial charge in [0.05, 0.1) is 0 Å². The Balaban J connectivity index is 2.30. The minimum Gasteiger partial charge on any atom is -0.135 e. The molecule has 8 heteroatoms. The molecule has 1 aliphatic heterocycles. The third-order valence-electron chi connectivity index (χ3n) is 1.02. The average Bonchev–Trinajstić information content (AvgIpc) is 2.58. The van der Waals surface area contributed by atoms with Crippen molar-refractivity contribution in [3.8, 4) is 0 Å². The van der Waals surface area contributed by atoms with Crippen LogP contribution >= 0.6 is 0 Å². The average molecular weight is 150 g/mol. The predicted octanol–water partition coefficient (Wildman–Crippen LogP) is 0.0982. The summed E-state index contributed by atoms with van der Waals surface area (Å²) in [5.41, 5.74) is 0. The van der Waals surface area contributed by atoms with Crippen LogP contribution in [0.1, 0.15) is 12.0 Å². The van der Waals surface area contributed by atoms with Gasteiger partial charge in [0.15, 0.2) is 6.33 Å². The van der Waals surface area contributed by atoms with Gasteiger partial charge >= 0.3 is 0 Å². The van der Waals surface area contributed by atoms with Gasteiger partial charge in [-0.3, -0.25) is 0 Å². The zero-order valence-corrected chi connectivity index (χ0v) is 5.23. The molecule has 2 rings (SSSR count). The van der Waals surface area contributed by atoms with Crippen molar-refractivity contribution in [2.75, 3.05) is 0 Å². The Morgan fingerprint density at radius 1 is 1.00 bits per heavy atom. The van der Waals surface area contributed by atoms with Crippen molar-refractivity contribution < 1.29 is 0 Å². The van der Waals surface area contributed by atoms with Crippen LogP contribution in [0, 0.1) is 0 Å². The third kappa shape index (κ3) is 1.04. The van der Waals surface area contributed by atoms with Crippen molar-refractivity contribution in [1.82, 2.24) is 20.4 Å². The molecular weight excluding hydrogens is 148 g/mol. The van der Waals surface area contributed by atoms with E-state index in [2.05, 4.69) is 41.1 Å². The van der Waals surface area contributed by atoms with Crippen molar-refractivity contribution in [2.45, 2.75) is 6.17 Å². The summed E-state index contributed by atoms with van der Waals surface area (Å²) in [4.78, 5) is 0. The Labute approximate surface area is 60.5 Å². The van der Waals surface area contributed by atoms with E-state index in [4.69, 9.17) is 0 Å². The molecule has 0 saturated heterocycles. The fourth-order valence-corrected chi connectivity index (χ4v) is 0.587. The second-order valence-electron chi connectivity index (χ2n) is 1.69. The fourth-order valence-electron chi connectivity index (χ4n) is 0.587. The molecule has 0 aliphatic carbocycles. The summed E-state index contributed by atoms with van der Waals surface area (Å²) < 4.78 is 0. The molecule has 0 saturated carbocycles. The molecule has 0 radical (unpaired) electrons. The van der Waals surface area contributed by atoms with Crippen LogP contribution < -0.4 is 0 Å². The van der Waals surface area contributed by atoms with E-state index in [1.54, 1.807) is 0 Å². The molecule has 0 unspecified atom stereocenters. The summed E-state index contributed by atoms with van der Waals surface area (Å²) in [5, 5.41) is 28.0. The Hall–Kier alpha value is -1.86. The normalized spacial score (nSPS) is 16.0. The topological polar surface area (TPSA) is 101 Å². The fraction of sp³-hybridized carbons (Fsp3) is 0.333. The highest BCUT2D eigenvalue weighted by molar-refractivity contribution is 4.86. The molecule has 0 bridgehead atoms. The molecule has 54 valence electrons. The molecule has 1 aromatic heterocycles. The molecule has 8 nitrogen and oxygen atoms in total.